The third-order valence-corrected chi connectivity index (χ3v) is 3.22. The van der Waals surface area contributed by atoms with E-state index < -0.39 is 11.5 Å². The molecule has 1 aromatic carbocycles. The van der Waals surface area contributed by atoms with Gasteiger partial charge < -0.3 is 15.5 Å². The van der Waals surface area contributed by atoms with E-state index in [2.05, 4.69) is 5.32 Å². The summed E-state index contributed by atoms with van der Waals surface area (Å²) in [4.78, 5) is 10.9. The number of aliphatic hydroxyl groups is 1. The molecule has 19 heavy (non-hydrogen) atoms. The molecule has 0 spiro atoms. The molecule has 4 nitrogen and oxygen atoms in total. The van der Waals surface area contributed by atoms with E-state index in [1.807, 2.05) is 44.2 Å². The lowest BCUT2D eigenvalue weighted by Gasteiger charge is -2.29. The lowest BCUT2D eigenvalue weighted by molar-refractivity contribution is -0.132. The van der Waals surface area contributed by atoms with Crippen LogP contribution in [-0.2, 0) is 10.3 Å². The number of aliphatic carboxylic acids is 1. The van der Waals surface area contributed by atoms with Gasteiger partial charge in [0, 0.05) is 12.1 Å². The number of aliphatic hydroxyl groups excluding tert-OH is 1. The van der Waals surface area contributed by atoms with E-state index in [0.717, 1.165) is 5.56 Å². The summed E-state index contributed by atoms with van der Waals surface area (Å²) in [5.41, 5.74) is 0.773. The van der Waals surface area contributed by atoms with Crippen LogP contribution < -0.4 is 5.32 Å². The Bertz CT molecular complexity index is 442. The highest BCUT2D eigenvalue weighted by atomic mass is 16.4. The number of carboxylic acids is 1. The zero-order valence-electron chi connectivity index (χ0n) is 11.4. The summed E-state index contributed by atoms with van der Waals surface area (Å²) in [6.45, 7) is 4.05. The van der Waals surface area contributed by atoms with Crippen molar-refractivity contribution in [1.82, 2.24) is 5.32 Å². The van der Waals surface area contributed by atoms with E-state index >= 15 is 0 Å². The predicted octanol–water partition coefficient (Wildman–Crippen LogP) is 1.90. The summed E-state index contributed by atoms with van der Waals surface area (Å²) in [6.07, 6.45) is 2.14. The van der Waals surface area contributed by atoms with Gasteiger partial charge in [0.05, 0.1) is 12.1 Å². The first-order valence-electron chi connectivity index (χ1n) is 6.37. The van der Waals surface area contributed by atoms with Crippen LogP contribution in [0.1, 0.15) is 25.8 Å². The fourth-order valence-corrected chi connectivity index (χ4v) is 1.84. The van der Waals surface area contributed by atoms with E-state index in [0.29, 0.717) is 18.5 Å². The highest BCUT2D eigenvalue weighted by Gasteiger charge is 2.24. The molecular formula is C15H21NO3. The van der Waals surface area contributed by atoms with Crippen molar-refractivity contribution in [2.45, 2.75) is 25.8 Å². The summed E-state index contributed by atoms with van der Waals surface area (Å²) >= 11 is 0. The maximum atomic E-state index is 10.9. The number of hydrogen-bond donors (Lipinski definition) is 3. The minimum Gasteiger partial charge on any atom is -0.478 e. The number of rotatable bonds is 7. The molecule has 0 aliphatic heterocycles. The van der Waals surface area contributed by atoms with Crippen molar-refractivity contribution in [2.75, 3.05) is 13.2 Å². The fraction of sp³-hybridized carbons (Fsp3) is 0.400. The minimum atomic E-state index is -0.894. The number of nitrogens with one attached hydrogen (secondary N) is 1. The Morgan fingerprint density at radius 2 is 2.00 bits per heavy atom. The molecule has 3 N–H and O–H groups in total. The van der Waals surface area contributed by atoms with Gasteiger partial charge >= 0.3 is 5.97 Å². The number of carbonyl (C=O) groups is 1. The Hall–Kier alpha value is -1.65. The average molecular weight is 263 g/mol. The van der Waals surface area contributed by atoms with Crippen LogP contribution in [0, 0.1) is 0 Å². The van der Waals surface area contributed by atoms with Crippen LogP contribution in [0.2, 0.25) is 0 Å². The van der Waals surface area contributed by atoms with Gasteiger partial charge in [-0.15, -0.1) is 0 Å². The van der Waals surface area contributed by atoms with Crippen LogP contribution in [0.5, 0.6) is 0 Å². The summed E-state index contributed by atoms with van der Waals surface area (Å²) < 4.78 is 0. The Balaban J connectivity index is 2.75. The molecule has 0 radical (unpaired) electrons. The van der Waals surface area contributed by atoms with Crippen molar-refractivity contribution < 1.29 is 15.0 Å². The summed E-state index contributed by atoms with van der Waals surface area (Å²) in [6, 6.07) is 9.61. The number of hydrogen-bond acceptors (Lipinski definition) is 3. The van der Waals surface area contributed by atoms with Crippen molar-refractivity contribution in [2.24, 2.45) is 0 Å². The van der Waals surface area contributed by atoms with E-state index in [4.69, 9.17) is 5.11 Å². The molecule has 4 heteroatoms. The Morgan fingerprint density at radius 1 is 1.37 bits per heavy atom. The molecule has 1 unspecified atom stereocenters. The van der Waals surface area contributed by atoms with Crippen molar-refractivity contribution >= 4 is 5.97 Å². The Morgan fingerprint density at radius 3 is 2.47 bits per heavy atom. The van der Waals surface area contributed by atoms with Crippen LogP contribution in [0.15, 0.2) is 42.0 Å². The van der Waals surface area contributed by atoms with Gasteiger partial charge in [-0.05, 0) is 18.9 Å². The number of carboxylic acid groups (broad SMARTS) is 1. The van der Waals surface area contributed by atoms with Crippen LogP contribution >= 0.6 is 0 Å². The number of benzene rings is 1. The van der Waals surface area contributed by atoms with Crippen LogP contribution in [-0.4, -0.2) is 29.3 Å². The first-order valence-corrected chi connectivity index (χ1v) is 6.37. The molecule has 0 fully saturated rings. The highest BCUT2D eigenvalue weighted by Crippen LogP contribution is 2.19. The zero-order chi connectivity index (χ0) is 14.3. The molecule has 1 rings (SSSR count). The first-order chi connectivity index (χ1) is 9.03. The molecule has 1 atom stereocenters. The Labute approximate surface area is 113 Å². The second-order valence-corrected chi connectivity index (χ2v) is 4.63. The van der Waals surface area contributed by atoms with Gasteiger partial charge in [-0.25, -0.2) is 4.79 Å². The normalized spacial score (nSPS) is 15.0. The molecule has 0 bridgehead atoms. The molecule has 0 heterocycles. The molecule has 0 saturated carbocycles. The predicted molar refractivity (Wildman–Crippen MR) is 74.9 cm³/mol. The van der Waals surface area contributed by atoms with Gasteiger partial charge in [-0.1, -0.05) is 43.3 Å². The fourth-order valence-electron chi connectivity index (χ4n) is 1.84. The molecule has 0 amide bonds. The minimum absolute atomic E-state index is 0.0562. The van der Waals surface area contributed by atoms with Crippen molar-refractivity contribution in [1.29, 1.82) is 0 Å². The van der Waals surface area contributed by atoms with Gasteiger partial charge in [-0.3, -0.25) is 0 Å². The monoisotopic (exact) mass is 263 g/mol. The van der Waals surface area contributed by atoms with Crippen LogP contribution in [0.3, 0.4) is 0 Å². The highest BCUT2D eigenvalue weighted by molar-refractivity contribution is 5.86. The second kappa shape index (κ2) is 7.07. The largest absolute Gasteiger partial charge is 0.478 e. The first kappa shape index (κ1) is 15.4. The molecule has 0 aliphatic rings. The molecule has 104 valence electrons. The van der Waals surface area contributed by atoms with Gasteiger partial charge in [0.15, 0.2) is 0 Å². The molecule has 0 aliphatic carbocycles. The smallest absolute Gasteiger partial charge is 0.331 e. The standard InChI is InChI=1S/C15H21NO3/c1-3-12(14(18)19)9-10-16-15(2,11-17)13-7-5-4-6-8-13/h4-9,16-17H,3,10-11H2,1-2H3,(H,18,19)/b12-9-. The second-order valence-electron chi connectivity index (χ2n) is 4.63. The SMILES string of the molecule is CC/C(=C/CNC(C)(CO)c1ccccc1)C(=O)O. The van der Waals surface area contributed by atoms with Crippen molar-refractivity contribution in [3.63, 3.8) is 0 Å². The maximum Gasteiger partial charge on any atom is 0.331 e. The van der Waals surface area contributed by atoms with Gasteiger partial charge in [0.2, 0.25) is 0 Å². The molecular weight excluding hydrogens is 242 g/mol. The van der Waals surface area contributed by atoms with E-state index in [1.165, 1.54) is 0 Å². The topological polar surface area (TPSA) is 69.6 Å². The summed E-state index contributed by atoms with van der Waals surface area (Å²) in [5, 5.41) is 21.7. The molecule has 1 aromatic rings. The van der Waals surface area contributed by atoms with Gasteiger partial charge in [0.1, 0.15) is 0 Å². The molecule has 0 saturated heterocycles. The zero-order valence-corrected chi connectivity index (χ0v) is 11.4. The lowest BCUT2D eigenvalue weighted by Crippen LogP contribution is -2.43. The summed E-state index contributed by atoms with van der Waals surface area (Å²) in [5.74, 6) is -0.894. The van der Waals surface area contributed by atoms with E-state index in [-0.39, 0.29) is 6.61 Å². The average Bonchev–Trinajstić information content (AvgIpc) is 2.44. The third kappa shape index (κ3) is 4.19. The van der Waals surface area contributed by atoms with Crippen molar-refractivity contribution in [3.05, 3.63) is 47.5 Å². The van der Waals surface area contributed by atoms with Gasteiger partial charge in [-0.2, -0.15) is 0 Å². The van der Waals surface area contributed by atoms with Crippen LogP contribution in [0.25, 0.3) is 0 Å². The van der Waals surface area contributed by atoms with E-state index in [9.17, 15) is 9.90 Å². The third-order valence-electron chi connectivity index (χ3n) is 3.22. The molecule has 0 aromatic heterocycles. The quantitative estimate of drug-likeness (QED) is 0.657. The van der Waals surface area contributed by atoms with Crippen molar-refractivity contribution in [3.8, 4) is 0 Å². The lowest BCUT2D eigenvalue weighted by atomic mass is 9.93. The van der Waals surface area contributed by atoms with E-state index in [1.54, 1.807) is 6.08 Å². The Kier molecular flexibility index (Phi) is 5.73. The van der Waals surface area contributed by atoms with Gasteiger partial charge in [0.25, 0.3) is 0 Å². The van der Waals surface area contributed by atoms with Crippen LogP contribution in [0.4, 0.5) is 0 Å². The maximum absolute atomic E-state index is 10.9. The summed E-state index contributed by atoms with van der Waals surface area (Å²) in [7, 11) is 0.